The third-order valence-electron chi connectivity index (χ3n) is 4.36. The zero-order valence-electron chi connectivity index (χ0n) is 12.3. The molecule has 1 N–H and O–H groups in total. The van der Waals surface area contributed by atoms with Gasteiger partial charge in [0.2, 0.25) is 0 Å². The van der Waals surface area contributed by atoms with Gasteiger partial charge in [0.1, 0.15) is 12.0 Å². The summed E-state index contributed by atoms with van der Waals surface area (Å²) < 4.78 is 24.7. The highest BCUT2D eigenvalue weighted by molar-refractivity contribution is 6.62. The molecule has 1 aliphatic carbocycles. The molecule has 0 aromatic carbocycles. The zero-order valence-corrected chi connectivity index (χ0v) is 12.3. The smallest absolute Gasteiger partial charge is 0.399 e. The molecule has 108 valence electrons. The topological polar surface area (TPSA) is 43.4 Å². The normalized spacial score (nSPS) is 30.4. The van der Waals surface area contributed by atoms with Crippen LogP contribution in [0.1, 0.15) is 34.1 Å². The van der Waals surface area contributed by atoms with E-state index in [1.54, 1.807) is 6.20 Å². The minimum absolute atomic E-state index is 0.0785. The van der Waals surface area contributed by atoms with E-state index in [0.717, 1.165) is 5.46 Å². The molecule has 0 bridgehead atoms. The van der Waals surface area contributed by atoms with E-state index in [4.69, 9.17) is 9.31 Å². The molecular weight excluding hydrogens is 258 g/mol. The highest BCUT2D eigenvalue weighted by Gasteiger charge is 2.51. The number of anilines is 1. The summed E-state index contributed by atoms with van der Waals surface area (Å²) in [7, 11) is -0.406. The van der Waals surface area contributed by atoms with E-state index in [1.165, 1.54) is 0 Å². The molecule has 1 aliphatic heterocycles. The van der Waals surface area contributed by atoms with Gasteiger partial charge in [-0.1, -0.05) is 6.07 Å². The van der Waals surface area contributed by atoms with Gasteiger partial charge in [0.15, 0.2) is 0 Å². The van der Waals surface area contributed by atoms with E-state index in [9.17, 15) is 4.39 Å². The summed E-state index contributed by atoms with van der Waals surface area (Å²) in [5.41, 5.74) is 0.162. The molecule has 1 aromatic heterocycles. The summed E-state index contributed by atoms with van der Waals surface area (Å²) in [6.45, 7) is 8.07. The van der Waals surface area contributed by atoms with Gasteiger partial charge in [0, 0.05) is 18.1 Å². The summed E-state index contributed by atoms with van der Waals surface area (Å²) in [5.74, 6) is 0.690. The molecule has 2 fully saturated rings. The number of rotatable bonds is 3. The number of alkyl halides is 1. The number of nitrogens with one attached hydrogen (secondary N) is 1. The molecule has 1 aromatic rings. The molecule has 2 heterocycles. The molecule has 20 heavy (non-hydrogen) atoms. The van der Waals surface area contributed by atoms with E-state index in [0.29, 0.717) is 12.2 Å². The van der Waals surface area contributed by atoms with Gasteiger partial charge in [-0.15, -0.1) is 0 Å². The lowest BCUT2D eigenvalue weighted by molar-refractivity contribution is 0.00578. The van der Waals surface area contributed by atoms with Crippen molar-refractivity contribution in [1.82, 2.24) is 4.98 Å². The first-order chi connectivity index (χ1) is 9.28. The third-order valence-corrected chi connectivity index (χ3v) is 4.36. The molecule has 3 rings (SSSR count). The molecule has 0 spiro atoms. The van der Waals surface area contributed by atoms with Crippen LogP contribution in [0.4, 0.5) is 10.2 Å². The maximum atomic E-state index is 12.8. The maximum absolute atomic E-state index is 12.8. The largest absolute Gasteiger partial charge is 0.496 e. The van der Waals surface area contributed by atoms with Crippen molar-refractivity contribution >= 4 is 18.4 Å². The van der Waals surface area contributed by atoms with Crippen molar-refractivity contribution in [3.8, 4) is 0 Å². The Morgan fingerprint density at radius 3 is 2.30 bits per heavy atom. The van der Waals surface area contributed by atoms with Crippen LogP contribution in [0.25, 0.3) is 0 Å². The van der Waals surface area contributed by atoms with Crippen LogP contribution in [0.2, 0.25) is 0 Å². The van der Waals surface area contributed by atoms with E-state index >= 15 is 0 Å². The van der Waals surface area contributed by atoms with Crippen LogP contribution in [-0.2, 0) is 9.31 Å². The molecule has 0 amide bonds. The van der Waals surface area contributed by atoms with Crippen LogP contribution in [0.15, 0.2) is 18.3 Å². The van der Waals surface area contributed by atoms with Crippen molar-refractivity contribution in [3.63, 3.8) is 0 Å². The standard InChI is InChI=1S/C14H20BFN2O2/c1-13(2)14(3,4)20-15(19-13)9-5-6-12(17-8-9)18-11-7-10(11)16/h5-6,8,10-11H,7H2,1-4H3,(H,17,18)/t10-,11+/m0/s1. The average molecular weight is 278 g/mol. The molecule has 2 atom stereocenters. The van der Waals surface area contributed by atoms with Gasteiger partial charge in [-0.05, 0) is 33.8 Å². The molecule has 1 saturated carbocycles. The molecule has 1 saturated heterocycles. The maximum Gasteiger partial charge on any atom is 0.496 e. The minimum atomic E-state index is -0.737. The fourth-order valence-corrected chi connectivity index (χ4v) is 2.11. The lowest BCUT2D eigenvalue weighted by atomic mass is 9.80. The predicted octanol–water partition coefficient (Wildman–Crippen LogP) is 1.90. The van der Waals surface area contributed by atoms with E-state index in [1.807, 2.05) is 39.8 Å². The van der Waals surface area contributed by atoms with E-state index in [-0.39, 0.29) is 17.2 Å². The van der Waals surface area contributed by atoms with Crippen LogP contribution >= 0.6 is 0 Å². The Labute approximate surface area is 119 Å². The van der Waals surface area contributed by atoms with Crippen molar-refractivity contribution in [2.45, 2.75) is 57.5 Å². The number of aromatic nitrogens is 1. The van der Waals surface area contributed by atoms with Crippen molar-refractivity contribution < 1.29 is 13.7 Å². The van der Waals surface area contributed by atoms with Crippen molar-refractivity contribution in [2.24, 2.45) is 0 Å². The van der Waals surface area contributed by atoms with Crippen LogP contribution in [0.3, 0.4) is 0 Å². The average Bonchev–Trinajstić information content (AvgIpc) is 2.98. The Kier molecular flexibility index (Phi) is 3.06. The third kappa shape index (κ3) is 2.42. The molecule has 2 aliphatic rings. The molecule has 6 heteroatoms. The van der Waals surface area contributed by atoms with Crippen LogP contribution in [-0.4, -0.2) is 35.5 Å². The van der Waals surface area contributed by atoms with Gasteiger partial charge in [-0.25, -0.2) is 9.37 Å². The van der Waals surface area contributed by atoms with Crippen molar-refractivity contribution in [2.75, 3.05) is 5.32 Å². The number of nitrogens with zero attached hydrogens (tertiary/aromatic N) is 1. The van der Waals surface area contributed by atoms with Gasteiger partial charge >= 0.3 is 7.12 Å². The molecule has 0 radical (unpaired) electrons. The SMILES string of the molecule is CC1(C)OB(c2ccc(N[C@@H]3C[C@@H]3F)nc2)OC1(C)C. The van der Waals surface area contributed by atoms with E-state index < -0.39 is 13.3 Å². The van der Waals surface area contributed by atoms with Crippen LogP contribution in [0, 0.1) is 0 Å². The number of hydrogen-bond donors (Lipinski definition) is 1. The number of hydrogen-bond acceptors (Lipinski definition) is 4. The summed E-state index contributed by atoms with van der Waals surface area (Å²) in [4.78, 5) is 4.30. The van der Waals surface area contributed by atoms with E-state index in [2.05, 4.69) is 10.3 Å². The number of halogens is 1. The highest BCUT2D eigenvalue weighted by atomic mass is 19.1. The monoisotopic (exact) mass is 278 g/mol. The van der Waals surface area contributed by atoms with Gasteiger partial charge < -0.3 is 14.6 Å². The predicted molar refractivity (Wildman–Crippen MR) is 76.9 cm³/mol. The quantitative estimate of drug-likeness (QED) is 0.858. The van der Waals surface area contributed by atoms with Gasteiger partial charge in [-0.2, -0.15) is 0 Å². The highest BCUT2D eigenvalue weighted by Crippen LogP contribution is 2.36. The molecule has 0 unspecified atom stereocenters. The second kappa shape index (κ2) is 4.43. The zero-order chi connectivity index (χ0) is 14.5. The molecular formula is C14H20BFN2O2. The van der Waals surface area contributed by atoms with Crippen molar-refractivity contribution in [3.05, 3.63) is 18.3 Å². The fourth-order valence-electron chi connectivity index (χ4n) is 2.11. The van der Waals surface area contributed by atoms with Gasteiger partial charge in [0.25, 0.3) is 0 Å². The first kappa shape index (κ1) is 13.8. The summed E-state index contributed by atoms with van der Waals surface area (Å²) in [6.07, 6.45) is 1.56. The second-order valence-electron chi connectivity index (χ2n) is 6.57. The first-order valence-corrected chi connectivity index (χ1v) is 7.01. The fraction of sp³-hybridized carbons (Fsp3) is 0.643. The minimum Gasteiger partial charge on any atom is -0.399 e. The molecule has 4 nitrogen and oxygen atoms in total. The van der Waals surface area contributed by atoms with Gasteiger partial charge in [0.05, 0.1) is 17.2 Å². The Balaban J connectivity index is 1.69. The Bertz CT molecular complexity index is 490. The summed E-state index contributed by atoms with van der Waals surface area (Å²) in [6, 6.07) is 3.67. The van der Waals surface area contributed by atoms with Crippen LogP contribution < -0.4 is 10.8 Å². The Morgan fingerprint density at radius 2 is 1.85 bits per heavy atom. The van der Waals surface area contributed by atoms with Gasteiger partial charge in [-0.3, -0.25) is 0 Å². The second-order valence-corrected chi connectivity index (χ2v) is 6.57. The number of pyridine rings is 1. The lowest BCUT2D eigenvalue weighted by Crippen LogP contribution is -2.41. The van der Waals surface area contributed by atoms with Crippen molar-refractivity contribution in [1.29, 1.82) is 0 Å². The Morgan fingerprint density at radius 1 is 1.25 bits per heavy atom. The summed E-state index contributed by atoms with van der Waals surface area (Å²) in [5, 5.41) is 3.05. The van der Waals surface area contributed by atoms with Crippen LogP contribution in [0.5, 0.6) is 0 Å². The first-order valence-electron chi connectivity index (χ1n) is 7.01. The summed E-state index contributed by atoms with van der Waals surface area (Å²) >= 11 is 0. The Hall–Kier alpha value is -1.14. The lowest BCUT2D eigenvalue weighted by Gasteiger charge is -2.32.